The molecule has 0 bridgehead atoms. The Balaban J connectivity index is 2.40. The molecule has 0 aromatic heterocycles. The van der Waals surface area contributed by atoms with Gasteiger partial charge in [0.1, 0.15) is 0 Å². The molecule has 0 fully saturated rings. The number of nitrogens with two attached hydrogens (primary N) is 1. The molecule has 2 rings (SSSR count). The summed E-state index contributed by atoms with van der Waals surface area (Å²) in [6.45, 7) is 1.89. The van der Waals surface area contributed by atoms with Crippen LogP contribution in [0.15, 0.2) is 50.2 Å². The summed E-state index contributed by atoms with van der Waals surface area (Å²) in [6, 6.07) is 9.95. The summed E-state index contributed by atoms with van der Waals surface area (Å²) >= 11 is 6.56. The van der Waals surface area contributed by atoms with Crippen LogP contribution in [0.5, 0.6) is 0 Å². The van der Waals surface area contributed by atoms with E-state index in [2.05, 4.69) is 36.6 Å². The van der Waals surface area contributed by atoms with Crippen LogP contribution >= 0.6 is 31.9 Å². The van der Waals surface area contributed by atoms with Crippen molar-refractivity contribution >= 4 is 53.3 Å². The molecule has 20 heavy (non-hydrogen) atoms. The Morgan fingerprint density at radius 1 is 1.05 bits per heavy atom. The van der Waals surface area contributed by atoms with Gasteiger partial charge in [0.05, 0.1) is 10.6 Å². The van der Waals surface area contributed by atoms with Crippen molar-refractivity contribution in [3.05, 3.63) is 50.9 Å². The van der Waals surface area contributed by atoms with Crippen LogP contribution in [0.1, 0.15) is 5.56 Å². The fraction of sp³-hybridized carbons (Fsp3) is 0.0769. The Hall–Kier alpha value is -1.05. The van der Waals surface area contributed by atoms with Gasteiger partial charge in [-0.05, 0) is 74.7 Å². The van der Waals surface area contributed by atoms with Gasteiger partial charge in [-0.25, -0.2) is 8.42 Å². The highest BCUT2D eigenvalue weighted by Crippen LogP contribution is 2.28. The molecule has 0 radical (unpaired) electrons. The van der Waals surface area contributed by atoms with Crippen molar-refractivity contribution in [2.45, 2.75) is 11.8 Å². The van der Waals surface area contributed by atoms with Crippen LogP contribution in [0.3, 0.4) is 0 Å². The van der Waals surface area contributed by atoms with Gasteiger partial charge in [0.25, 0.3) is 10.0 Å². The summed E-state index contributed by atoms with van der Waals surface area (Å²) in [6.07, 6.45) is 0. The van der Waals surface area contributed by atoms with E-state index < -0.39 is 10.0 Å². The predicted molar refractivity (Wildman–Crippen MR) is 88.2 cm³/mol. The molecule has 3 N–H and O–H groups in total. The zero-order valence-electron chi connectivity index (χ0n) is 10.5. The van der Waals surface area contributed by atoms with Gasteiger partial charge in [-0.3, -0.25) is 4.72 Å². The number of hydrogen-bond donors (Lipinski definition) is 2. The van der Waals surface area contributed by atoms with Gasteiger partial charge in [-0.2, -0.15) is 0 Å². The van der Waals surface area contributed by atoms with Crippen molar-refractivity contribution in [3.63, 3.8) is 0 Å². The number of benzene rings is 2. The number of nitrogens with one attached hydrogen (secondary N) is 1. The normalized spacial score (nSPS) is 11.3. The standard InChI is InChI=1S/C13H12Br2N2O2S/c1-8-2-4-11(15)13(6-8)17-20(18,19)9-3-5-10(14)12(16)7-9/h2-7,17H,16H2,1H3. The second-order valence-corrected chi connectivity index (χ2v) is 7.66. The van der Waals surface area contributed by atoms with Crippen molar-refractivity contribution in [1.82, 2.24) is 0 Å². The van der Waals surface area contributed by atoms with E-state index >= 15 is 0 Å². The first-order valence-electron chi connectivity index (χ1n) is 5.63. The van der Waals surface area contributed by atoms with Gasteiger partial charge in [-0.15, -0.1) is 0 Å². The van der Waals surface area contributed by atoms with Crippen LogP contribution < -0.4 is 10.5 Å². The second kappa shape index (κ2) is 5.75. The van der Waals surface area contributed by atoms with Crippen LogP contribution in [0.2, 0.25) is 0 Å². The predicted octanol–water partition coefficient (Wildman–Crippen LogP) is 3.90. The van der Waals surface area contributed by atoms with E-state index in [1.165, 1.54) is 12.1 Å². The van der Waals surface area contributed by atoms with E-state index in [1.807, 2.05) is 13.0 Å². The van der Waals surface area contributed by atoms with Crippen LogP contribution in [0, 0.1) is 6.92 Å². The monoisotopic (exact) mass is 418 g/mol. The van der Waals surface area contributed by atoms with Gasteiger partial charge in [0.15, 0.2) is 0 Å². The van der Waals surface area contributed by atoms with E-state index in [0.717, 1.165) is 5.56 Å². The first-order chi connectivity index (χ1) is 9.29. The molecule has 4 nitrogen and oxygen atoms in total. The zero-order valence-corrected chi connectivity index (χ0v) is 14.5. The molecule has 0 atom stereocenters. The molecule has 0 aliphatic rings. The minimum atomic E-state index is -3.67. The fourth-order valence-electron chi connectivity index (χ4n) is 1.61. The number of hydrogen-bond acceptors (Lipinski definition) is 3. The highest BCUT2D eigenvalue weighted by molar-refractivity contribution is 9.11. The fourth-order valence-corrected chi connectivity index (χ4v) is 3.44. The molecule has 0 saturated carbocycles. The topological polar surface area (TPSA) is 72.2 Å². The summed E-state index contributed by atoms with van der Waals surface area (Å²) in [5, 5.41) is 0. The van der Waals surface area contributed by atoms with Crippen LogP contribution in [0.25, 0.3) is 0 Å². The van der Waals surface area contributed by atoms with Crippen LogP contribution in [0.4, 0.5) is 11.4 Å². The largest absolute Gasteiger partial charge is 0.398 e. The number of halogens is 2. The Kier molecular flexibility index (Phi) is 4.41. The first-order valence-corrected chi connectivity index (χ1v) is 8.70. The van der Waals surface area contributed by atoms with E-state index in [1.54, 1.807) is 18.2 Å². The average molecular weight is 420 g/mol. The minimum absolute atomic E-state index is 0.117. The van der Waals surface area contributed by atoms with Gasteiger partial charge in [0, 0.05) is 14.6 Å². The molecule has 0 unspecified atom stereocenters. The number of anilines is 2. The molecule has 2 aromatic carbocycles. The summed E-state index contributed by atoms with van der Waals surface area (Å²) in [7, 11) is -3.67. The average Bonchev–Trinajstić information content (AvgIpc) is 2.36. The van der Waals surface area contributed by atoms with E-state index in [-0.39, 0.29) is 4.90 Å². The molecule has 106 valence electrons. The Morgan fingerprint density at radius 3 is 2.35 bits per heavy atom. The minimum Gasteiger partial charge on any atom is -0.398 e. The molecular formula is C13H12Br2N2O2S. The van der Waals surface area contributed by atoms with Gasteiger partial charge < -0.3 is 5.73 Å². The van der Waals surface area contributed by atoms with Crippen molar-refractivity contribution in [1.29, 1.82) is 0 Å². The number of sulfonamides is 1. The maximum Gasteiger partial charge on any atom is 0.262 e. The van der Waals surface area contributed by atoms with Crippen LogP contribution in [-0.2, 0) is 10.0 Å². The molecule has 0 aliphatic carbocycles. The summed E-state index contributed by atoms with van der Waals surface area (Å²) in [5.74, 6) is 0. The number of aryl methyl sites for hydroxylation is 1. The quantitative estimate of drug-likeness (QED) is 0.741. The van der Waals surface area contributed by atoms with Gasteiger partial charge >= 0.3 is 0 Å². The lowest BCUT2D eigenvalue weighted by Gasteiger charge is -2.11. The molecule has 0 spiro atoms. The first kappa shape index (κ1) is 15.3. The van der Waals surface area contributed by atoms with Crippen LogP contribution in [-0.4, -0.2) is 8.42 Å². The third-order valence-electron chi connectivity index (χ3n) is 2.64. The third-order valence-corrected chi connectivity index (χ3v) is 5.42. The van der Waals surface area contributed by atoms with E-state index in [4.69, 9.17) is 5.73 Å². The zero-order chi connectivity index (χ0) is 14.9. The molecule has 0 heterocycles. The number of rotatable bonds is 3. The lowest BCUT2D eigenvalue weighted by molar-refractivity contribution is 0.601. The summed E-state index contributed by atoms with van der Waals surface area (Å²) in [5.41, 5.74) is 7.54. The molecule has 0 amide bonds. The lowest BCUT2D eigenvalue weighted by Crippen LogP contribution is -2.13. The SMILES string of the molecule is Cc1ccc(Br)c(NS(=O)(=O)c2ccc(Br)c(N)c2)c1. The van der Waals surface area contributed by atoms with Crippen molar-refractivity contribution in [2.24, 2.45) is 0 Å². The third kappa shape index (κ3) is 3.34. The smallest absolute Gasteiger partial charge is 0.262 e. The molecule has 7 heteroatoms. The molecular weight excluding hydrogens is 408 g/mol. The second-order valence-electron chi connectivity index (χ2n) is 4.27. The van der Waals surface area contributed by atoms with E-state index in [9.17, 15) is 8.42 Å². The van der Waals surface area contributed by atoms with E-state index in [0.29, 0.717) is 20.3 Å². The Labute approximate surface area is 134 Å². The Bertz CT molecular complexity index is 761. The number of nitrogen functional groups attached to an aromatic ring is 1. The maximum absolute atomic E-state index is 12.3. The van der Waals surface area contributed by atoms with Gasteiger partial charge in [0.2, 0.25) is 0 Å². The molecule has 0 saturated heterocycles. The highest BCUT2D eigenvalue weighted by atomic mass is 79.9. The maximum atomic E-state index is 12.3. The van der Waals surface area contributed by atoms with Crippen molar-refractivity contribution in [2.75, 3.05) is 10.5 Å². The summed E-state index contributed by atoms with van der Waals surface area (Å²) in [4.78, 5) is 0.117. The molecule has 2 aromatic rings. The lowest BCUT2D eigenvalue weighted by atomic mass is 10.2. The Morgan fingerprint density at radius 2 is 1.70 bits per heavy atom. The highest BCUT2D eigenvalue weighted by Gasteiger charge is 2.16. The van der Waals surface area contributed by atoms with Gasteiger partial charge in [-0.1, -0.05) is 6.07 Å². The summed E-state index contributed by atoms with van der Waals surface area (Å²) < 4.78 is 28.5. The van der Waals surface area contributed by atoms with Crippen molar-refractivity contribution < 1.29 is 8.42 Å². The van der Waals surface area contributed by atoms with Crippen molar-refractivity contribution in [3.8, 4) is 0 Å². The molecule has 0 aliphatic heterocycles.